The van der Waals surface area contributed by atoms with Gasteiger partial charge in [0.05, 0.1) is 7.11 Å². The van der Waals surface area contributed by atoms with Crippen LogP contribution in [-0.4, -0.2) is 17.3 Å². The molecule has 1 aromatic heterocycles. The number of nitrogens with one attached hydrogen (secondary N) is 1. The van der Waals surface area contributed by atoms with Crippen molar-refractivity contribution >= 4 is 28.0 Å². The van der Waals surface area contributed by atoms with E-state index in [1.54, 1.807) is 7.11 Å². The van der Waals surface area contributed by atoms with Crippen molar-refractivity contribution in [3.8, 4) is 11.3 Å². The zero-order valence-corrected chi connectivity index (χ0v) is 15.9. The van der Waals surface area contributed by atoms with E-state index in [0.717, 1.165) is 39.1 Å². The zero-order valence-electron chi connectivity index (χ0n) is 15.9. The van der Waals surface area contributed by atoms with Gasteiger partial charge in [-0.05, 0) is 24.6 Å². The Morgan fingerprint density at radius 1 is 0.893 bits per heavy atom. The van der Waals surface area contributed by atoms with Crippen molar-refractivity contribution in [3.63, 3.8) is 0 Å². The van der Waals surface area contributed by atoms with Gasteiger partial charge in [0.15, 0.2) is 5.82 Å². The maximum Gasteiger partial charge on any atom is 0.161 e. The Morgan fingerprint density at radius 3 is 2.36 bits per heavy atom. The summed E-state index contributed by atoms with van der Waals surface area (Å²) in [7, 11) is 1.62. The fourth-order valence-electron chi connectivity index (χ4n) is 3.20. The summed E-state index contributed by atoms with van der Waals surface area (Å²) in [5.74, 6) is 1.38. The Kier molecular flexibility index (Phi) is 4.77. The summed E-state index contributed by atoms with van der Waals surface area (Å²) in [5.41, 5.74) is 4.98. The molecule has 4 rings (SSSR count). The molecule has 0 bridgehead atoms. The SMILES string of the molecule is C=C(OC)c1ccc(-c2nnc(Nc3cccc(C)c3)c3ccccc23)cc1. The van der Waals surface area contributed by atoms with Crippen LogP contribution in [0.25, 0.3) is 27.8 Å². The molecule has 0 saturated carbocycles. The van der Waals surface area contributed by atoms with E-state index >= 15 is 0 Å². The predicted molar refractivity (Wildman–Crippen MR) is 115 cm³/mol. The van der Waals surface area contributed by atoms with Crippen molar-refractivity contribution in [3.05, 3.63) is 90.5 Å². The standard InChI is InChI=1S/C24H21N3O/c1-16-7-6-8-20(15-16)25-24-22-10-5-4-9-21(22)23(26-27-24)19-13-11-18(12-14-19)17(2)28-3/h4-15H,2H2,1,3H3,(H,25,27). The van der Waals surface area contributed by atoms with Gasteiger partial charge in [-0.15, -0.1) is 10.2 Å². The molecule has 1 N–H and O–H groups in total. The molecule has 0 radical (unpaired) electrons. The van der Waals surface area contributed by atoms with Crippen molar-refractivity contribution in [2.75, 3.05) is 12.4 Å². The quantitative estimate of drug-likeness (QED) is 0.442. The Hall–Kier alpha value is -3.66. The average Bonchev–Trinajstić information content (AvgIpc) is 2.74. The molecule has 0 fully saturated rings. The minimum Gasteiger partial charge on any atom is -0.497 e. The molecule has 0 spiro atoms. The van der Waals surface area contributed by atoms with Gasteiger partial charge in [-0.3, -0.25) is 0 Å². The van der Waals surface area contributed by atoms with Crippen molar-refractivity contribution in [2.45, 2.75) is 6.92 Å². The molecular weight excluding hydrogens is 346 g/mol. The summed E-state index contributed by atoms with van der Waals surface area (Å²) < 4.78 is 5.20. The van der Waals surface area contributed by atoms with Gasteiger partial charge in [-0.25, -0.2) is 0 Å². The van der Waals surface area contributed by atoms with E-state index in [1.165, 1.54) is 5.56 Å². The van der Waals surface area contributed by atoms with E-state index in [1.807, 2.05) is 48.5 Å². The minimum atomic E-state index is 0.639. The van der Waals surface area contributed by atoms with Crippen LogP contribution in [0.1, 0.15) is 11.1 Å². The predicted octanol–water partition coefficient (Wildman–Crippen LogP) is 5.97. The van der Waals surface area contributed by atoms with Gasteiger partial charge < -0.3 is 10.1 Å². The van der Waals surface area contributed by atoms with Crippen LogP contribution >= 0.6 is 0 Å². The number of hydrogen-bond donors (Lipinski definition) is 1. The lowest BCUT2D eigenvalue weighted by molar-refractivity contribution is 0.371. The molecule has 0 unspecified atom stereocenters. The number of anilines is 2. The summed E-state index contributed by atoms with van der Waals surface area (Å²) in [6.45, 7) is 5.96. The van der Waals surface area contributed by atoms with Crippen LogP contribution in [0, 0.1) is 6.92 Å². The van der Waals surface area contributed by atoms with E-state index in [0.29, 0.717) is 5.76 Å². The first-order chi connectivity index (χ1) is 13.7. The Labute approximate surface area is 164 Å². The molecule has 4 heteroatoms. The number of methoxy groups -OCH3 is 1. The molecule has 0 amide bonds. The largest absolute Gasteiger partial charge is 0.497 e. The summed E-state index contributed by atoms with van der Waals surface area (Å²) in [6.07, 6.45) is 0. The number of fused-ring (bicyclic) bond motifs is 1. The third kappa shape index (κ3) is 3.45. The highest BCUT2D eigenvalue weighted by atomic mass is 16.5. The maximum atomic E-state index is 5.20. The Bertz CT molecular complexity index is 1150. The second kappa shape index (κ2) is 7.53. The van der Waals surface area contributed by atoms with Crippen molar-refractivity contribution < 1.29 is 4.74 Å². The number of hydrogen-bond acceptors (Lipinski definition) is 4. The summed E-state index contributed by atoms with van der Waals surface area (Å²) in [4.78, 5) is 0. The molecule has 28 heavy (non-hydrogen) atoms. The molecule has 0 atom stereocenters. The highest BCUT2D eigenvalue weighted by Gasteiger charge is 2.11. The lowest BCUT2D eigenvalue weighted by atomic mass is 10.0. The highest BCUT2D eigenvalue weighted by Crippen LogP contribution is 2.31. The molecule has 1 heterocycles. The number of nitrogens with zero attached hydrogens (tertiary/aromatic N) is 2. The second-order valence-electron chi connectivity index (χ2n) is 6.64. The first-order valence-electron chi connectivity index (χ1n) is 9.08. The Morgan fingerprint density at radius 2 is 1.64 bits per heavy atom. The second-order valence-corrected chi connectivity index (χ2v) is 6.64. The summed E-state index contributed by atoms with van der Waals surface area (Å²) >= 11 is 0. The summed E-state index contributed by atoms with van der Waals surface area (Å²) in [5, 5.41) is 14.5. The van der Waals surface area contributed by atoms with Gasteiger partial charge in [0.25, 0.3) is 0 Å². The lowest BCUT2D eigenvalue weighted by Crippen LogP contribution is -1.99. The number of ether oxygens (including phenoxy) is 1. The first kappa shape index (κ1) is 17.7. The van der Waals surface area contributed by atoms with E-state index < -0.39 is 0 Å². The summed E-state index contributed by atoms with van der Waals surface area (Å²) in [6, 6.07) is 24.4. The molecule has 4 nitrogen and oxygen atoms in total. The third-order valence-corrected chi connectivity index (χ3v) is 4.69. The molecule has 0 aliphatic carbocycles. The van der Waals surface area contributed by atoms with Gasteiger partial charge in [0, 0.05) is 27.6 Å². The van der Waals surface area contributed by atoms with Crippen molar-refractivity contribution in [2.24, 2.45) is 0 Å². The van der Waals surface area contributed by atoms with Crippen molar-refractivity contribution in [1.82, 2.24) is 10.2 Å². The van der Waals surface area contributed by atoms with Gasteiger partial charge in [0.2, 0.25) is 0 Å². The van der Waals surface area contributed by atoms with Crippen LogP contribution < -0.4 is 5.32 Å². The van der Waals surface area contributed by atoms with Gasteiger partial charge in [-0.2, -0.15) is 0 Å². The highest BCUT2D eigenvalue weighted by molar-refractivity contribution is 6.00. The van der Waals surface area contributed by atoms with Gasteiger partial charge >= 0.3 is 0 Å². The van der Waals surface area contributed by atoms with Crippen LogP contribution in [0.2, 0.25) is 0 Å². The van der Waals surface area contributed by atoms with Crippen LogP contribution in [0.5, 0.6) is 0 Å². The fourth-order valence-corrected chi connectivity index (χ4v) is 3.20. The van der Waals surface area contributed by atoms with Gasteiger partial charge in [-0.1, -0.05) is 67.2 Å². The molecule has 0 aliphatic rings. The molecular formula is C24H21N3O. The van der Waals surface area contributed by atoms with E-state index in [4.69, 9.17) is 4.74 Å². The van der Waals surface area contributed by atoms with Crippen LogP contribution in [0.4, 0.5) is 11.5 Å². The molecule has 4 aromatic rings. The van der Waals surface area contributed by atoms with E-state index in [-0.39, 0.29) is 0 Å². The first-order valence-corrected chi connectivity index (χ1v) is 9.08. The molecule has 0 saturated heterocycles. The molecule has 3 aromatic carbocycles. The maximum absolute atomic E-state index is 5.20. The average molecular weight is 367 g/mol. The fraction of sp³-hybridized carbons (Fsp3) is 0.0833. The van der Waals surface area contributed by atoms with E-state index in [2.05, 4.69) is 53.3 Å². The third-order valence-electron chi connectivity index (χ3n) is 4.69. The molecule has 138 valence electrons. The minimum absolute atomic E-state index is 0.639. The zero-order chi connectivity index (χ0) is 19.5. The smallest absolute Gasteiger partial charge is 0.161 e. The monoisotopic (exact) mass is 367 g/mol. The topological polar surface area (TPSA) is 47.0 Å². The number of rotatable bonds is 5. The van der Waals surface area contributed by atoms with Crippen LogP contribution in [-0.2, 0) is 4.74 Å². The van der Waals surface area contributed by atoms with E-state index in [9.17, 15) is 0 Å². The number of aromatic nitrogens is 2. The van der Waals surface area contributed by atoms with Gasteiger partial charge in [0.1, 0.15) is 11.5 Å². The molecule has 0 aliphatic heterocycles. The van der Waals surface area contributed by atoms with Crippen LogP contribution in [0.3, 0.4) is 0 Å². The number of aryl methyl sites for hydroxylation is 1. The van der Waals surface area contributed by atoms with Crippen LogP contribution in [0.15, 0.2) is 79.4 Å². The number of benzene rings is 3. The normalized spacial score (nSPS) is 10.6. The van der Waals surface area contributed by atoms with Crippen molar-refractivity contribution in [1.29, 1.82) is 0 Å². The lowest BCUT2D eigenvalue weighted by Gasteiger charge is -2.12. The Balaban J connectivity index is 1.76.